The number of imidazole rings is 1. The number of carbonyl (C=O) groups is 1. The number of aromatic amines is 1. The van der Waals surface area contributed by atoms with Crippen LogP contribution >= 0.6 is 0 Å². The molecule has 4 aromatic rings. The number of hydrogen-bond donors (Lipinski definition) is 2. The van der Waals surface area contributed by atoms with Gasteiger partial charge in [-0.05, 0) is 37.1 Å². The predicted octanol–water partition coefficient (Wildman–Crippen LogP) is 3.86. The average Bonchev–Trinajstić information content (AvgIpc) is 3.22. The Labute approximate surface area is 152 Å². The summed E-state index contributed by atoms with van der Waals surface area (Å²) in [6, 6.07) is 16.0. The van der Waals surface area contributed by atoms with Crippen molar-refractivity contribution in [3.63, 3.8) is 0 Å². The highest BCUT2D eigenvalue weighted by molar-refractivity contribution is 5.85. The van der Waals surface area contributed by atoms with E-state index in [1.165, 1.54) is 16.5 Å². The van der Waals surface area contributed by atoms with Crippen LogP contribution in [0.25, 0.3) is 21.9 Å². The molecular formula is C21H22N4O. The zero-order valence-corrected chi connectivity index (χ0v) is 15.0. The Morgan fingerprint density at radius 1 is 1.19 bits per heavy atom. The molecule has 0 saturated carbocycles. The molecule has 2 heterocycles. The Morgan fingerprint density at radius 2 is 1.96 bits per heavy atom. The van der Waals surface area contributed by atoms with Crippen molar-refractivity contribution in [2.75, 3.05) is 0 Å². The van der Waals surface area contributed by atoms with Gasteiger partial charge >= 0.3 is 0 Å². The van der Waals surface area contributed by atoms with Crippen molar-refractivity contribution < 1.29 is 4.79 Å². The highest BCUT2D eigenvalue weighted by Crippen LogP contribution is 2.21. The molecule has 0 unspecified atom stereocenters. The molecule has 26 heavy (non-hydrogen) atoms. The number of fused-ring (bicyclic) bond motifs is 2. The number of hydrogen-bond acceptors (Lipinski definition) is 2. The number of aromatic nitrogens is 3. The van der Waals surface area contributed by atoms with Gasteiger partial charge in [0.25, 0.3) is 0 Å². The van der Waals surface area contributed by atoms with Gasteiger partial charge in [-0.2, -0.15) is 0 Å². The monoisotopic (exact) mass is 346 g/mol. The van der Waals surface area contributed by atoms with Crippen LogP contribution in [0.2, 0.25) is 0 Å². The second-order valence-electron chi connectivity index (χ2n) is 6.71. The fourth-order valence-corrected chi connectivity index (χ4v) is 3.43. The van der Waals surface area contributed by atoms with Crippen LogP contribution in [0.5, 0.6) is 0 Å². The Morgan fingerprint density at radius 3 is 2.81 bits per heavy atom. The second-order valence-corrected chi connectivity index (χ2v) is 6.71. The Kier molecular flexibility index (Phi) is 4.21. The summed E-state index contributed by atoms with van der Waals surface area (Å²) in [6.45, 7) is 1.95. The molecule has 1 amide bonds. The van der Waals surface area contributed by atoms with E-state index in [9.17, 15) is 4.79 Å². The number of benzene rings is 2. The molecule has 0 aliphatic carbocycles. The van der Waals surface area contributed by atoms with Crippen molar-refractivity contribution in [2.24, 2.45) is 7.05 Å². The molecule has 0 bridgehead atoms. The third-order valence-electron chi connectivity index (χ3n) is 4.80. The minimum Gasteiger partial charge on any atom is -0.350 e. The van der Waals surface area contributed by atoms with E-state index in [-0.39, 0.29) is 11.9 Å². The standard InChI is InChI=1S/C21H22N4O/c1-14(21-23-17-8-4-5-9-18(17)24-21)22-20(26)12-11-15-13-25(2)19-10-6-3-7-16(15)19/h3-10,13-14H,11-12H2,1-2H3,(H,22,26)(H,23,24)/t14-/m0/s1. The third kappa shape index (κ3) is 3.08. The van der Waals surface area contributed by atoms with Gasteiger partial charge in [0.15, 0.2) is 0 Å². The predicted molar refractivity (Wildman–Crippen MR) is 104 cm³/mol. The van der Waals surface area contributed by atoms with Gasteiger partial charge in [-0.1, -0.05) is 30.3 Å². The minimum absolute atomic E-state index is 0.0332. The van der Waals surface area contributed by atoms with E-state index in [4.69, 9.17) is 0 Å². The van der Waals surface area contributed by atoms with Crippen LogP contribution in [0, 0.1) is 0 Å². The maximum Gasteiger partial charge on any atom is 0.220 e. The molecular weight excluding hydrogens is 324 g/mol. The SMILES string of the molecule is C[C@H](NC(=O)CCc1cn(C)c2ccccc12)c1nc2ccccc2[nH]1. The molecule has 2 aromatic carbocycles. The molecule has 0 fully saturated rings. The molecule has 4 rings (SSSR count). The van der Waals surface area contributed by atoms with E-state index in [0.717, 1.165) is 23.3 Å². The summed E-state index contributed by atoms with van der Waals surface area (Å²) in [5.74, 6) is 0.815. The number of amides is 1. The number of nitrogens with one attached hydrogen (secondary N) is 2. The number of H-pyrrole nitrogens is 1. The molecule has 0 spiro atoms. The van der Waals surface area contributed by atoms with Crippen LogP contribution in [-0.2, 0) is 18.3 Å². The van der Waals surface area contributed by atoms with Crippen LogP contribution in [0.4, 0.5) is 0 Å². The van der Waals surface area contributed by atoms with Gasteiger partial charge in [-0.3, -0.25) is 4.79 Å². The first kappa shape index (κ1) is 16.4. The lowest BCUT2D eigenvalue weighted by atomic mass is 10.1. The highest BCUT2D eigenvalue weighted by atomic mass is 16.1. The topological polar surface area (TPSA) is 62.7 Å². The minimum atomic E-state index is -0.151. The lowest BCUT2D eigenvalue weighted by molar-refractivity contribution is -0.121. The Bertz CT molecular complexity index is 1040. The van der Waals surface area contributed by atoms with Gasteiger partial charge in [-0.25, -0.2) is 4.98 Å². The number of nitrogens with zero attached hydrogens (tertiary/aromatic N) is 2. The van der Waals surface area contributed by atoms with Crippen molar-refractivity contribution in [1.29, 1.82) is 0 Å². The van der Waals surface area contributed by atoms with Crippen LogP contribution < -0.4 is 5.32 Å². The van der Waals surface area contributed by atoms with E-state index in [1.54, 1.807) is 0 Å². The Balaban J connectivity index is 1.41. The highest BCUT2D eigenvalue weighted by Gasteiger charge is 2.14. The quantitative estimate of drug-likeness (QED) is 0.576. The van der Waals surface area contributed by atoms with Crippen molar-refractivity contribution in [3.05, 3.63) is 66.1 Å². The third-order valence-corrected chi connectivity index (χ3v) is 4.80. The molecule has 1 atom stereocenters. The lowest BCUT2D eigenvalue weighted by Crippen LogP contribution is -2.27. The van der Waals surface area contributed by atoms with E-state index >= 15 is 0 Å². The van der Waals surface area contributed by atoms with E-state index in [2.05, 4.69) is 38.2 Å². The number of rotatable bonds is 5. The number of carbonyl (C=O) groups excluding carboxylic acids is 1. The maximum absolute atomic E-state index is 12.4. The van der Waals surface area contributed by atoms with Gasteiger partial charge in [0.2, 0.25) is 5.91 Å². The van der Waals surface area contributed by atoms with Crippen LogP contribution in [0.3, 0.4) is 0 Å². The maximum atomic E-state index is 12.4. The van der Waals surface area contributed by atoms with Crippen molar-refractivity contribution >= 4 is 27.8 Å². The number of aryl methyl sites for hydroxylation is 2. The first-order valence-electron chi connectivity index (χ1n) is 8.89. The van der Waals surface area contributed by atoms with Gasteiger partial charge in [0.1, 0.15) is 5.82 Å². The fourth-order valence-electron chi connectivity index (χ4n) is 3.43. The lowest BCUT2D eigenvalue weighted by Gasteiger charge is -2.11. The first-order chi connectivity index (χ1) is 12.6. The molecule has 5 nitrogen and oxygen atoms in total. The molecule has 2 aromatic heterocycles. The summed E-state index contributed by atoms with van der Waals surface area (Å²) >= 11 is 0. The van der Waals surface area contributed by atoms with Gasteiger partial charge < -0.3 is 14.9 Å². The summed E-state index contributed by atoms with van der Waals surface area (Å²) < 4.78 is 2.11. The van der Waals surface area contributed by atoms with Crippen LogP contribution in [0.15, 0.2) is 54.7 Å². The molecule has 0 radical (unpaired) electrons. The van der Waals surface area contributed by atoms with Crippen LogP contribution in [0.1, 0.15) is 30.8 Å². The molecule has 0 saturated heterocycles. The van der Waals surface area contributed by atoms with Crippen LogP contribution in [-0.4, -0.2) is 20.4 Å². The molecule has 2 N–H and O–H groups in total. The number of para-hydroxylation sites is 3. The van der Waals surface area contributed by atoms with E-state index < -0.39 is 0 Å². The fraction of sp³-hybridized carbons (Fsp3) is 0.238. The molecule has 0 aliphatic rings. The molecule has 0 aliphatic heterocycles. The smallest absolute Gasteiger partial charge is 0.220 e. The zero-order chi connectivity index (χ0) is 18.1. The average molecular weight is 346 g/mol. The molecule has 5 heteroatoms. The van der Waals surface area contributed by atoms with Crippen molar-refractivity contribution in [3.8, 4) is 0 Å². The normalized spacial score (nSPS) is 12.5. The van der Waals surface area contributed by atoms with E-state index in [1.807, 2.05) is 50.4 Å². The second kappa shape index (κ2) is 6.67. The van der Waals surface area contributed by atoms with E-state index in [0.29, 0.717) is 6.42 Å². The van der Waals surface area contributed by atoms with Gasteiger partial charge in [0.05, 0.1) is 17.1 Å². The van der Waals surface area contributed by atoms with Crippen molar-refractivity contribution in [2.45, 2.75) is 25.8 Å². The van der Waals surface area contributed by atoms with Gasteiger partial charge in [-0.15, -0.1) is 0 Å². The summed E-state index contributed by atoms with van der Waals surface area (Å²) in [7, 11) is 2.04. The summed E-state index contributed by atoms with van der Waals surface area (Å²) in [6.07, 6.45) is 3.29. The molecule has 132 valence electrons. The Hall–Kier alpha value is -3.08. The zero-order valence-electron chi connectivity index (χ0n) is 15.0. The largest absolute Gasteiger partial charge is 0.350 e. The first-order valence-corrected chi connectivity index (χ1v) is 8.89. The van der Waals surface area contributed by atoms with Crippen molar-refractivity contribution in [1.82, 2.24) is 19.9 Å². The summed E-state index contributed by atoms with van der Waals surface area (Å²) in [5.41, 5.74) is 4.30. The summed E-state index contributed by atoms with van der Waals surface area (Å²) in [4.78, 5) is 20.2. The summed E-state index contributed by atoms with van der Waals surface area (Å²) in [5, 5.41) is 4.26. The van der Waals surface area contributed by atoms with Gasteiger partial charge in [0, 0.05) is 30.6 Å².